The zero-order chi connectivity index (χ0) is 18.9. The molecule has 1 unspecified atom stereocenters. The van der Waals surface area contributed by atoms with Gasteiger partial charge in [0.25, 0.3) is 15.5 Å². The molecule has 0 bridgehead atoms. The lowest BCUT2D eigenvalue weighted by Gasteiger charge is -2.28. The number of nitrogens with one attached hydrogen (secondary N) is 1. The van der Waals surface area contributed by atoms with E-state index in [-0.39, 0.29) is 18.2 Å². The van der Waals surface area contributed by atoms with E-state index < -0.39 is 36.5 Å². The Hall–Kier alpha value is -1.88. The zero-order valence-corrected chi connectivity index (χ0v) is 13.9. The molecule has 1 aromatic carbocycles. The number of hydrogen-bond donors (Lipinski definition) is 2. The Balaban J connectivity index is 3.26. The summed E-state index contributed by atoms with van der Waals surface area (Å²) in [6.45, 7) is 4.81. The minimum atomic E-state index is -5.69. The fourth-order valence-electron chi connectivity index (χ4n) is 1.59. The van der Waals surface area contributed by atoms with Gasteiger partial charge in [-0.05, 0) is 25.0 Å². The zero-order valence-electron chi connectivity index (χ0n) is 13.1. The van der Waals surface area contributed by atoms with Gasteiger partial charge in [0.1, 0.15) is 5.69 Å². The van der Waals surface area contributed by atoms with Crippen LogP contribution < -0.4 is 5.32 Å². The molecule has 0 amide bonds. The second-order valence-corrected chi connectivity index (χ2v) is 7.69. The number of halogens is 3. The number of rotatable bonds is 6. The minimum Gasteiger partial charge on any atom is -0.388 e. The van der Waals surface area contributed by atoms with Crippen molar-refractivity contribution in [2.24, 2.45) is 5.92 Å². The Morgan fingerprint density at radius 2 is 1.88 bits per heavy atom. The van der Waals surface area contributed by atoms with Gasteiger partial charge in [-0.15, -0.1) is 0 Å². The molecule has 1 aromatic rings. The predicted octanol–water partition coefficient (Wildman–Crippen LogP) is 2.71. The van der Waals surface area contributed by atoms with Crippen molar-refractivity contribution in [1.82, 2.24) is 0 Å². The molecule has 0 aliphatic heterocycles. The SMILES string of the molecule is CC(C)C(C)(O)CNc1ccc(S(=O)(=O)C(F)(F)F)cc1[N+](=O)[O-]. The Labute approximate surface area is 136 Å². The Bertz CT molecular complexity index is 730. The van der Waals surface area contributed by atoms with Crippen LogP contribution in [0.15, 0.2) is 23.1 Å². The summed E-state index contributed by atoms with van der Waals surface area (Å²) in [7, 11) is -5.69. The van der Waals surface area contributed by atoms with E-state index in [9.17, 15) is 36.8 Å². The summed E-state index contributed by atoms with van der Waals surface area (Å²) >= 11 is 0. The van der Waals surface area contributed by atoms with Crippen LogP contribution >= 0.6 is 0 Å². The molecular weight excluding hydrogens is 353 g/mol. The molecule has 1 rings (SSSR count). The van der Waals surface area contributed by atoms with Gasteiger partial charge in [0.2, 0.25) is 0 Å². The fraction of sp³-hybridized carbons (Fsp3) is 0.538. The molecule has 0 aromatic heterocycles. The van der Waals surface area contributed by atoms with Crippen LogP contribution in [0.5, 0.6) is 0 Å². The average Bonchev–Trinajstić information content (AvgIpc) is 2.43. The van der Waals surface area contributed by atoms with Crippen LogP contribution in [-0.2, 0) is 9.84 Å². The van der Waals surface area contributed by atoms with E-state index >= 15 is 0 Å². The van der Waals surface area contributed by atoms with Gasteiger partial charge < -0.3 is 10.4 Å². The topological polar surface area (TPSA) is 110 Å². The van der Waals surface area contributed by atoms with E-state index in [4.69, 9.17) is 0 Å². The maximum atomic E-state index is 12.5. The van der Waals surface area contributed by atoms with Crippen LogP contribution in [0.4, 0.5) is 24.5 Å². The minimum absolute atomic E-state index is 0.114. The molecule has 0 aliphatic carbocycles. The van der Waals surface area contributed by atoms with Gasteiger partial charge in [-0.25, -0.2) is 8.42 Å². The normalized spacial score (nSPS) is 15.2. The largest absolute Gasteiger partial charge is 0.501 e. The standard InChI is InChI=1S/C13H17F3N2O5S/c1-8(2)12(3,19)7-17-10-5-4-9(6-11(10)18(20)21)24(22,23)13(14,15)16/h4-6,8,17,19H,7H2,1-3H3. The molecule has 7 nitrogen and oxygen atoms in total. The van der Waals surface area contributed by atoms with E-state index in [0.29, 0.717) is 12.1 Å². The maximum absolute atomic E-state index is 12.5. The number of sulfone groups is 1. The Morgan fingerprint density at radius 3 is 2.29 bits per heavy atom. The van der Waals surface area contributed by atoms with Crippen molar-refractivity contribution in [2.75, 3.05) is 11.9 Å². The Morgan fingerprint density at radius 1 is 1.33 bits per heavy atom. The summed E-state index contributed by atoms with van der Waals surface area (Å²) in [5, 5.41) is 23.7. The highest BCUT2D eigenvalue weighted by atomic mass is 32.2. The first-order chi connectivity index (χ1) is 10.7. The van der Waals surface area contributed by atoms with E-state index in [1.54, 1.807) is 13.8 Å². The first kappa shape index (κ1) is 20.2. The smallest absolute Gasteiger partial charge is 0.388 e. The second kappa shape index (κ2) is 6.55. The Kier molecular flexibility index (Phi) is 5.51. The molecule has 2 N–H and O–H groups in total. The lowest BCUT2D eigenvalue weighted by molar-refractivity contribution is -0.384. The van der Waals surface area contributed by atoms with E-state index in [2.05, 4.69) is 5.32 Å². The molecule has 0 saturated carbocycles. The van der Waals surface area contributed by atoms with Crippen molar-refractivity contribution in [1.29, 1.82) is 0 Å². The van der Waals surface area contributed by atoms with Gasteiger partial charge in [-0.2, -0.15) is 13.2 Å². The molecule has 0 heterocycles. The number of nitro benzene ring substituents is 1. The van der Waals surface area contributed by atoms with E-state index in [1.165, 1.54) is 6.92 Å². The number of hydrogen-bond acceptors (Lipinski definition) is 6. The third kappa shape index (κ3) is 4.15. The number of aliphatic hydroxyl groups is 1. The summed E-state index contributed by atoms with van der Waals surface area (Å²) in [5.41, 5.74) is -7.82. The molecule has 0 fully saturated rings. The third-order valence-corrected chi connectivity index (χ3v) is 5.15. The van der Waals surface area contributed by atoms with E-state index in [0.717, 1.165) is 6.07 Å². The van der Waals surface area contributed by atoms with Crippen molar-refractivity contribution in [3.05, 3.63) is 28.3 Å². The highest BCUT2D eigenvalue weighted by Gasteiger charge is 2.47. The predicted molar refractivity (Wildman–Crippen MR) is 80.3 cm³/mol. The van der Waals surface area contributed by atoms with Gasteiger partial charge in [0.05, 0.1) is 15.4 Å². The van der Waals surface area contributed by atoms with E-state index in [1.807, 2.05) is 0 Å². The van der Waals surface area contributed by atoms with Gasteiger partial charge in [-0.1, -0.05) is 13.8 Å². The third-order valence-electron chi connectivity index (χ3n) is 3.66. The molecule has 0 radical (unpaired) electrons. The molecular formula is C13H17F3N2O5S. The molecule has 0 saturated heterocycles. The van der Waals surface area contributed by atoms with Crippen molar-refractivity contribution >= 4 is 21.2 Å². The van der Waals surface area contributed by atoms with Crippen molar-refractivity contribution in [3.63, 3.8) is 0 Å². The van der Waals surface area contributed by atoms with Crippen LogP contribution in [0.3, 0.4) is 0 Å². The molecule has 1 atom stereocenters. The lowest BCUT2D eigenvalue weighted by atomic mass is 9.92. The number of nitro groups is 1. The van der Waals surface area contributed by atoms with Crippen LogP contribution in [-0.4, -0.2) is 36.1 Å². The first-order valence-corrected chi connectivity index (χ1v) is 8.24. The molecule has 24 heavy (non-hydrogen) atoms. The number of anilines is 1. The summed E-state index contributed by atoms with van der Waals surface area (Å²) in [6, 6.07) is 1.84. The molecule has 0 spiro atoms. The molecule has 11 heteroatoms. The average molecular weight is 370 g/mol. The quantitative estimate of drug-likeness (QED) is 0.589. The van der Waals surface area contributed by atoms with Crippen molar-refractivity contribution in [3.8, 4) is 0 Å². The number of nitrogens with zero attached hydrogens (tertiary/aromatic N) is 1. The summed E-state index contributed by atoms with van der Waals surface area (Å²) < 4.78 is 60.3. The maximum Gasteiger partial charge on any atom is 0.501 e. The van der Waals surface area contributed by atoms with Gasteiger partial charge >= 0.3 is 5.51 Å². The molecule has 136 valence electrons. The highest BCUT2D eigenvalue weighted by Crippen LogP contribution is 2.35. The number of benzene rings is 1. The molecule has 0 aliphatic rings. The van der Waals surface area contributed by atoms with Crippen LogP contribution in [0.2, 0.25) is 0 Å². The lowest BCUT2D eigenvalue weighted by Crippen LogP contribution is -2.38. The van der Waals surface area contributed by atoms with Gasteiger partial charge in [0.15, 0.2) is 0 Å². The number of alkyl halides is 3. The summed E-state index contributed by atoms with van der Waals surface area (Å²) in [4.78, 5) is 8.82. The summed E-state index contributed by atoms with van der Waals surface area (Å²) in [5.74, 6) is -0.200. The second-order valence-electron chi connectivity index (χ2n) is 5.75. The van der Waals surface area contributed by atoms with Crippen LogP contribution in [0, 0.1) is 16.0 Å². The highest BCUT2D eigenvalue weighted by molar-refractivity contribution is 7.92. The van der Waals surface area contributed by atoms with Gasteiger partial charge in [0, 0.05) is 12.6 Å². The van der Waals surface area contributed by atoms with Gasteiger partial charge in [-0.3, -0.25) is 10.1 Å². The van der Waals surface area contributed by atoms with Crippen molar-refractivity contribution in [2.45, 2.75) is 36.8 Å². The van der Waals surface area contributed by atoms with Crippen LogP contribution in [0.1, 0.15) is 20.8 Å². The van der Waals surface area contributed by atoms with Crippen LogP contribution in [0.25, 0.3) is 0 Å². The summed E-state index contributed by atoms with van der Waals surface area (Å²) in [6.07, 6.45) is 0. The first-order valence-electron chi connectivity index (χ1n) is 6.76. The fourth-order valence-corrected chi connectivity index (χ4v) is 2.37. The monoisotopic (exact) mass is 370 g/mol. The van der Waals surface area contributed by atoms with Crippen molar-refractivity contribution < 1.29 is 31.6 Å².